The van der Waals surface area contributed by atoms with Crippen LogP contribution in [0.25, 0.3) is 0 Å². The monoisotopic (exact) mass is 161 g/mol. The van der Waals surface area contributed by atoms with Gasteiger partial charge in [-0.15, -0.1) is 12.4 Å². The molecule has 1 aromatic heterocycles. The molecule has 2 nitrogen and oxygen atoms in total. The summed E-state index contributed by atoms with van der Waals surface area (Å²) in [6.07, 6.45) is 4.29. The second-order valence-corrected chi connectivity index (χ2v) is 2.31. The summed E-state index contributed by atoms with van der Waals surface area (Å²) < 4.78 is 4.86. The zero-order chi connectivity index (χ0) is 6.69. The van der Waals surface area contributed by atoms with E-state index in [-0.39, 0.29) is 18.4 Å². The van der Waals surface area contributed by atoms with Crippen molar-refractivity contribution < 1.29 is 4.42 Å². The minimum Gasteiger partial charge on any atom is -0.472 e. The summed E-state index contributed by atoms with van der Waals surface area (Å²) in [5.41, 5.74) is 6.71. The molecule has 1 aromatic rings. The zero-order valence-electron chi connectivity index (χ0n) is 5.91. The highest BCUT2D eigenvalue weighted by atomic mass is 35.5. The van der Waals surface area contributed by atoms with Crippen molar-refractivity contribution in [3.05, 3.63) is 24.2 Å². The first kappa shape index (κ1) is 9.53. The van der Waals surface area contributed by atoms with Gasteiger partial charge in [0.05, 0.1) is 12.5 Å². The summed E-state index contributed by atoms with van der Waals surface area (Å²) in [5, 5.41) is 0. The van der Waals surface area contributed by atoms with Gasteiger partial charge in [0.25, 0.3) is 0 Å². The maximum atomic E-state index is 5.54. The van der Waals surface area contributed by atoms with Crippen molar-refractivity contribution in [1.82, 2.24) is 0 Å². The lowest BCUT2D eigenvalue weighted by Crippen LogP contribution is -2.17. The van der Waals surface area contributed by atoms with E-state index in [2.05, 4.69) is 0 Å². The van der Waals surface area contributed by atoms with E-state index < -0.39 is 0 Å². The Morgan fingerprint density at radius 3 is 2.80 bits per heavy atom. The van der Waals surface area contributed by atoms with E-state index in [0.29, 0.717) is 0 Å². The van der Waals surface area contributed by atoms with E-state index in [1.807, 2.05) is 13.0 Å². The van der Waals surface area contributed by atoms with Crippen molar-refractivity contribution in [2.75, 3.05) is 0 Å². The molecule has 0 spiro atoms. The molecule has 0 amide bonds. The van der Waals surface area contributed by atoms with Crippen LogP contribution in [-0.2, 0) is 6.42 Å². The summed E-state index contributed by atoms with van der Waals surface area (Å²) in [6.45, 7) is 1.98. The van der Waals surface area contributed by atoms with Gasteiger partial charge in [-0.05, 0) is 25.0 Å². The standard InChI is InChI=1S/C7H11NO.ClH/c1-6(8)4-7-2-3-9-5-7;/h2-3,5-6H,4,8H2,1H3;1H/t6-;/m0./s1. The highest BCUT2D eigenvalue weighted by Crippen LogP contribution is 2.01. The molecule has 0 radical (unpaired) electrons. The minimum absolute atomic E-state index is 0. The summed E-state index contributed by atoms with van der Waals surface area (Å²) >= 11 is 0. The normalized spacial score (nSPS) is 12.2. The summed E-state index contributed by atoms with van der Waals surface area (Å²) in [6, 6.07) is 2.16. The van der Waals surface area contributed by atoms with Gasteiger partial charge in [0.15, 0.2) is 0 Å². The van der Waals surface area contributed by atoms with E-state index in [9.17, 15) is 0 Å². The number of hydrogen-bond acceptors (Lipinski definition) is 2. The van der Waals surface area contributed by atoms with Crippen LogP contribution in [0.5, 0.6) is 0 Å². The Morgan fingerprint density at radius 1 is 1.70 bits per heavy atom. The van der Waals surface area contributed by atoms with E-state index in [1.165, 1.54) is 5.56 Å². The Hall–Kier alpha value is -0.470. The van der Waals surface area contributed by atoms with Crippen LogP contribution in [0.15, 0.2) is 23.0 Å². The fraction of sp³-hybridized carbons (Fsp3) is 0.429. The molecular formula is C7H12ClNO. The quantitative estimate of drug-likeness (QED) is 0.716. The molecule has 0 saturated heterocycles. The maximum absolute atomic E-state index is 5.54. The lowest BCUT2D eigenvalue weighted by Gasteiger charge is -1.98. The number of nitrogens with two attached hydrogens (primary N) is 1. The largest absolute Gasteiger partial charge is 0.472 e. The molecule has 0 fully saturated rings. The first-order chi connectivity index (χ1) is 4.29. The van der Waals surface area contributed by atoms with Crippen molar-refractivity contribution in [3.63, 3.8) is 0 Å². The summed E-state index contributed by atoms with van der Waals surface area (Å²) in [4.78, 5) is 0. The predicted octanol–water partition coefficient (Wildman–Crippen LogP) is 1.59. The van der Waals surface area contributed by atoms with Crippen LogP contribution >= 0.6 is 12.4 Å². The van der Waals surface area contributed by atoms with Crippen LogP contribution in [-0.4, -0.2) is 6.04 Å². The Morgan fingerprint density at radius 2 is 2.40 bits per heavy atom. The van der Waals surface area contributed by atoms with Gasteiger partial charge in [-0.25, -0.2) is 0 Å². The molecular weight excluding hydrogens is 150 g/mol. The molecule has 1 atom stereocenters. The molecule has 1 heterocycles. The van der Waals surface area contributed by atoms with Gasteiger partial charge < -0.3 is 10.2 Å². The predicted molar refractivity (Wildman–Crippen MR) is 43.3 cm³/mol. The first-order valence-electron chi connectivity index (χ1n) is 3.05. The molecule has 2 N–H and O–H groups in total. The molecule has 3 heteroatoms. The van der Waals surface area contributed by atoms with Crippen LogP contribution in [0.3, 0.4) is 0 Å². The molecule has 0 aromatic carbocycles. The Balaban J connectivity index is 0.000000810. The summed E-state index contributed by atoms with van der Waals surface area (Å²) in [5.74, 6) is 0. The molecule has 0 unspecified atom stereocenters. The molecule has 0 saturated carbocycles. The van der Waals surface area contributed by atoms with Gasteiger partial charge in [0.2, 0.25) is 0 Å². The fourth-order valence-corrected chi connectivity index (χ4v) is 0.781. The van der Waals surface area contributed by atoms with Gasteiger partial charge in [-0.3, -0.25) is 0 Å². The van der Waals surface area contributed by atoms with Crippen LogP contribution in [0, 0.1) is 0 Å². The van der Waals surface area contributed by atoms with Crippen LogP contribution in [0.1, 0.15) is 12.5 Å². The highest BCUT2D eigenvalue weighted by Gasteiger charge is 1.96. The molecule has 1 rings (SSSR count). The maximum Gasteiger partial charge on any atom is 0.0935 e. The zero-order valence-corrected chi connectivity index (χ0v) is 6.73. The van der Waals surface area contributed by atoms with Gasteiger partial charge in [0, 0.05) is 6.04 Å². The molecule has 0 aliphatic carbocycles. The van der Waals surface area contributed by atoms with Crippen molar-refractivity contribution in [2.45, 2.75) is 19.4 Å². The molecule has 0 bridgehead atoms. The van der Waals surface area contributed by atoms with Gasteiger partial charge in [-0.2, -0.15) is 0 Å². The molecule has 0 aliphatic heterocycles. The Bertz CT molecular complexity index is 160. The number of halogens is 1. The van der Waals surface area contributed by atoms with Crippen LogP contribution in [0.4, 0.5) is 0 Å². The molecule has 0 aliphatic rings. The average molecular weight is 162 g/mol. The minimum atomic E-state index is 0. The first-order valence-corrected chi connectivity index (χ1v) is 3.05. The third-order valence-electron chi connectivity index (χ3n) is 1.14. The SMILES string of the molecule is C[C@H](N)Cc1ccoc1.Cl. The third kappa shape index (κ3) is 2.90. The molecule has 58 valence electrons. The number of rotatable bonds is 2. The van der Waals surface area contributed by atoms with E-state index in [4.69, 9.17) is 10.2 Å². The van der Waals surface area contributed by atoms with Gasteiger partial charge in [-0.1, -0.05) is 0 Å². The smallest absolute Gasteiger partial charge is 0.0935 e. The topological polar surface area (TPSA) is 39.2 Å². The van der Waals surface area contributed by atoms with Crippen LogP contribution in [0.2, 0.25) is 0 Å². The van der Waals surface area contributed by atoms with Crippen molar-refractivity contribution in [3.8, 4) is 0 Å². The summed E-state index contributed by atoms with van der Waals surface area (Å²) in [7, 11) is 0. The Kier molecular flexibility index (Phi) is 4.16. The van der Waals surface area contributed by atoms with E-state index in [1.54, 1.807) is 12.5 Å². The second-order valence-electron chi connectivity index (χ2n) is 2.31. The number of hydrogen-bond donors (Lipinski definition) is 1. The Labute approximate surface area is 66.8 Å². The highest BCUT2D eigenvalue weighted by molar-refractivity contribution is 5.85. The lowest BCUT2D eigenvalue weighted by atomic mass is 10.1. The second kappa shape index (κ2) is 4.36. The van der Waals surface area contributed by atoms with Gasteiger partial charge >= 0.3 is 0 Å². The average Bonchev–Trinajstić information content (AvgIpc) is 2.15. The van der Waals surface area contributed by atoms with Crippen molar-refractivity contribution in [2.24, 2.45) is 5.73 Å². The fourth-order valence-electron chi connectivity index (χ4n) is 0.781. The lowest BCUT2D eigenvalue weighted by molar-refractivity contribution is 0.561. The van der Waals surface area contributed by atoms with E-state index in [0.717, 1.165) is 6.42 Å². The van der Waals surface area contributed by atoms with Crippen LogP contribution < -0.4 is 5.73 Å². The number of furan rings is 1. The van der Waals surface area contributed by atoms with Crippen molar-refractivity contribution in [1.29, 1.82) is 0 Å². The van der Waals surface area contributed by atoms with Crippen molar-refractivity contribution >= 4 is 12.4 Å². The third-order valence-corrected chi connectivity index (χ3v) is 1.14. The van der Waals surface area contributed by atoms with E-state index >= 15 is 0 Å². The molecule has 10 heavy (non-hydrogen) atoms. The van der Waals surface area contributed by atoms with Gasteiger partial charge in [0.1, 0.15) is 0 Å².